The number of nitro groups is 1. The van der Waals surface area contributed by atoms with Gasteiger partial charge >= 0.3 is 6.18 Å². The van der Waals surface area contributed by atoms with E-state index in [1.165, 1.54) is 0 Å². The smallest absolute Gasteiger partial charge is 0.351 e. The minimum atomic E-state index is -4.76. The highest BCUT2D eigenvalue weighted by Crippen LogP contribution is 2.32. The lowest BCUT2D eigenvalue weighted by atomic mass is 10.1. The molecule has 6 nitrogen and oxygen atoms in total. The van der Waals surface area contributed by atoms with Crippen LogP contribution in [0.15, 0.2) is 18.2 Å². The number of carbonyl (C=O) groups is 1. The number of rotatable bonds is 5. The van der Waals surface area contributed by atoms with Gasteiger partial charge < -0.3 is 10.2 Å². The molecule has 0 spiro atoms. The van der Waals surface area contributed by atoms with Gasteiger partial charge in [-0.3, -0.25) is 14.9 Å². The number of nitrogens with zero attached hydrogens (tertiary/aromatic N) is 2. The molecular weight excluding hydrogens is 327 g/mol. The molecule has 0 saturated carbocycles. The van der Waals surface area contributed by atoms with Gasteiger partial charge in [-0.05, 0) is 24.9 Å². The van der Waals surface area contributed by atoms with Gasteiger partial charge in [-0.25, -0.2) is 0 Å². The monoisotopic (exact) mass is 345 g/mol. The van der Waals surface area contributed by atoms with E-state index in [0.717, 1.165) is 25.6 Å². The van der Waals surface area contributed by atoms with Gasteiger partial charge in [0.2, 0.25) is 0 Å². The Hall–Kier alpha value is -2.16. The molecule has 0 bridgehead atoms. The molecule has 0 unspecified atom stereocenters. The van der Waals surface area contributed by atoms with E-state index < -0.39 is 28.3 Å². The molecule has 1 atom stereocenters. The predicted molar refractivity (Wildman–Crippen MR) is 80.7 cm³/mol. The summed E-state index contributed by atoms with van der Waals surface area (Å²) in [4.78, 5) is 24.0. The second-order valence-electron chi connectivity index (χ2n) is 5.97. The summed E-state index contributed by atoms with van der Waals surface area (Å²) in [6.07, 6.45) is -3.68. The van der Waals surface area contributed by atoms with E-state index in [0.29, 0.717) is 24.6 Å². The maximum Gasteiger partial charge on any atom is 0.416 e. The first kappa shape index (κ1) is 18.2. The lowest BCUT2D eigenvalue weighted by molar-refractivity contribution is -0.385. The number of hydrogen-bond donors (Lipinski definition) is 1. The molecule has 1 amide bonds. The van der Waals surface area contributed by atoms with Crippen molar-refractivity contribution in [2.45, 2.75) is 19.5 Å². The third-order valence-electron chi connectivity index (χ3n) is 3.94. The number of nitrogens with one attached hydrogen (secondary N) is 1. The van der Waals surface area contributed by atoms with Crippen LogP contribution in [0.4, 0.5) is 18.9 Å². The molecule has 0 radical (unpaired) electrons. The van der Waals surface area contributed by atoms with Crippen LogP contribution >= 0.6 is 0 Å². The van der Waals surface area contributed by atoms with Gasteiger partial charge in [-0.2, -0.15) is 13.2 Å². The van der Waals surface area contributed by atoms with Gasteiger partial charge in [0.1, 0.15) is 0 Å². The topological polar surface area (TPSA) is 75.5 Å². The summed E-state index contributed by atoms with van der Waals surface area (Å²) in [5.41, 5.74) is -2.34. The Balaban J connectivity index is 2.05. The number of halogens is 3. The Labute approximate surface area is 136 Å². The standard InChI is InChI=1S/C15H18F3N3O3/c1-10-2-4-20(9-10)5-3-19-14(22)11-6-12(15(16,17)18)8-13(7-11)21(23)24/h6-8,10H,2-5,9H2,1H3,(H,19,22)/t10-/m0/s1. The summed E-state index contributed by atoms with van der Waals surface area (Å²) in [5, 5.41) is 13.3. The maximum atomic E-state index is 12.8. The second-order valence-corrected chi connectivity index (χ2v) is 5.97. The van der Waals surface area contributed by atoms with Crippen LogP contribution in [-0.4, -0.2) is 41.9 Å². The third-order valence-corrected chi connectivity index (χ3v) is 3.94. The molecule has 1 aliphatic heterocycles. The van der Waals surface area contributed by atoms with Crippen LogP contribution in [0.1, 0.15) is 29.3 Å². The third kappa shape index (κ3) is 4.67. The maximum absolute atomic E-state index is 12.8. The zero-order chi connectivity index (χ0) is 17.9. The zero-order valence-electron chi connectivity index (χ0n) is 13.1. The fourth-order valence-electron chi connectivity index (χ4n) is 2.67. The molecule has 132 valence electrons. The van der Waals surface area contributed by atoms with Gasteiger partial charge in [-0.15, -0.1) is 0 Å². The second kappa shape index (κ2) is 7.16. The molecule has 1 aliphatic rings. The molecule has 1 saturated heterocycles. The van der Waals surface area contributed by atoms with Crippen molar-refractivity contribution in [2.75, 3.05) is 26.2 Å². The van der Waals surface area contributed by atoms with Crippen molar-refractivity contribution >= 4 is 11.6 Å². The van der Waals surface area contributed by atoms with Crippen molar-refractivity contribution in [3.05, 3.63) is 39.4 Å². The molecule has 24 heavy (non-hydrogen) atoms. The highest BCUT2D eigenvalue weighted by atomic mass is 19.4. The van der Waals surface area contributed by atoms with Gasteiger partial charge in [0, 0.05) is 37.3 Å². The fraction of sp³-hybridized carbons (Fsp3) is 0.533. The number of alkyl halides is 3. The van der Waals surface area contributed by atoms with Crippen LogP contribution in [0.5, 0.6) is 0 Å². The number of benzene rings is 1. The Morgan fingerprint density at radius 3 is 2.67 bits per heavy atom. The van der Waals surface area contributed by atoms with Crippen LogP contribution in [0, 0.1) is 16.0 Å². The molecule has 0 aliphatic carbocycles. The van der Waals surface area contributed by atoms with Crippen LogP contribution < -0.4 is 5.32 Å². The van der Waals surface area contributed by atoms with Crippen LogP contribution in [-0.2, 0) is 6.18 Å². The quantitative estimate of drug-likeness (QED) is 0.658. The van der Waals surface area contributed by atoms with Gasteiger partial charge in [0.05, 0.1) is 10.5 Å². The zero-order valence-corrected chi connectivity index (χ0v) is 13.1. The lowest BCUT2D eigenvalue weighted by Gasteiger charge is -2.15. The number of amides is 1. The summed E-state index contributed by atoms with van der Waals surface area (Å²) >= 11 is 0. The minimum absolute atomic E-state index is 0.273. The summed E-state index contributed by atoms with van der Waals surface area (Å²) in [6.45, 7) is 4.84. The van der Waals surface area contributed by atoms with Crippen molar-refractivity contribution in [2.24, 2.45) is 5.92 Å². The number of carbonyl (C=O) groups excluding carboxylic acids is 1. The molecule has 1 N–H and O–H groups in total. The van der Waals surface area contributed by atoms with Crippen LogP contribution in [0.25, 0.3) is 0 Å². The molecule has 9 heteroatoms. The highest BCUT2D eigenvalue weighted by molar-refractivity contribution is 5.95. The first-order valence-corrected chi connectivity index (χ1v) is 7.54. The molecule has 1 fully saturated rings. The van der Waals surface area contributed by atoms with Crippen molar-refractivity contribution in [1.82, 2.24) is 10.2 Å². The van der Waals surface area contributed by atoms with E-state index in [-0.39, 0.29) is 12.1 Å². The van der Waals surface area contributed by atoms with E-state index in [1.54, 1.807) is 0 Å². The van der Waals surface area contributed by atoms with Crippen molar-refractivity contribution in [1.29, 1.82) is 0 Å². The van der Waals surface area contributed by atoms with E-state index >= 15 is 0 Å². The number of non-ortho nitro benzene ring substituents is 1. The van der Waals surface area contributed by atoms with Gasteiger partial charge in [0.25, 0.3) is 11.6 Å². The molecule has 1 aromatic rings. The Morgan fingerprint density at radius 1 is 1.42 bits per heavy atom. The Kier molecular flexibility index (Phi) is 5.43. The largest absolute Gasteiger partial charge is 0.416 e. The minimum Gasteiger partial charge on any atom is -0.351 e. The summed E-state index contributed by atoms with van der Waals surface area (Å²) in [6, 6.07) is 1.89. The lowest BCUT2D eigenvalue weighted by Crippen LogP contribution is -2.34. The van der Waals surface area contributed by atoms with Crippen LogP contribution in [0.2, 0.25) is 0 Å². The van der Waals surface area contributed by atoms with Gasteiger partial charge in [-0.1, -0.05) is 6.92 Å². The molecule has 0 aromatic heterocycles. The summed E-state index contributed by atoms with van der Waals surface area (Å²) in [5.74, 6) is -0.164. The predicted octanol–water partition coefficient (Wildman–Crippen LogP) is 2.69. The van der Waals surface area contributed by atoms with Crippen LogP contribution in [0.3, 0.4) is 0 Å². The SMILES string of the molecule is C[C@H]1CCN(CCNC(=O)c2cc([N+](=O)[O-])cc(C(F)(F)F)c2)C1. The normalized spacial score (nSPS) is 18.6. The van der Waals surface area contributed by atoms with Gasteiger partial charge in [0.15, 0.2) is 0 Å². The van der Waals surface area contributed by atoms with E-state index in [9.17, 15) is 28.1 Å². The number of hydrogen-bond acceptors (Lipinski definition) is 4. The van der Waals surface area contributed by atoms with Crippen molar-refractivity contribution < 1.29 is 22.9 Å². The van der Waals surface area contributed by atoms with E-state index in [4.69, 9.17) is 0 Å². The molecule has 1 aromatic carbocycles. The first-order valence-electron chi connectivity index (χ1n) is 7.54. The Morgan fingerprint density at radius 2 is 2.12 bits per heavy atom. The number of nitro benzene ring substituents is 1. The first-order chi connectivity index (χ1) is 11.2. The molecular formula is C15H18F3N3O3. The Bertz CT molecular complexity index is 634. The molecule has 1 heterocycles. The van der Waals surface area contributed by atoms with Crippen molar-refractivity contribution in [3.8, 4) is 0 Å². The highest BCUT2D eigenvalue weighted by Gasteiger charge is 2.33. The molecule has 2 rings (SSSR count). The fourth-order valence-corrected chi connectivity index (χ4v) is 2.67. The average molecular weight is 345 g/mol. The summed E-state index contributed by atoms with van der Waals surface area (Å²) < 4.78 is 38.4. The number of likely N-dealkylation sites (tertiary alicyclic amines) is 1. The van der Waals surface area contributed by atoms with E-state index in [1.807, 2.05) is 0 Å². The van der Waals surface area contributed by atoms with Crippen molar-refractivity contribution in [3.63, 3.8) is 0 Å². The van der Waals surface area contributed by atoms with E-state index in [2.05, 4.69) is 17.1 Å². The summed E-state index contributed by atoms with van der Waals surface area (Å²) in [7, 11) is 0. The average Bonchev–Trinajstić information content (AvgIpc) is 2.91.